The van der Waals surface area contributed by atoms with Gasteiger partial charge in [0.2, 0.25) is 0 Å². The van der Waals surface area contributed by atoms with Crippen molar-refractivity contribution >= 4 is 34.7 Å². The summed E-state index contributed by atoms with van der Waals surface area (Å²) in [6, 6.07) is 16.7. The molecular formula is C25H26N5O4S+. The predicted molar refractivity (Wildman–Crippen MR) is 135 cm³/mol. The third-order valence-corrected chi connectivity index (χ3v) is 6.37. The zero-order valence-electron chi connectivity index (χ0n) is 19.6. The number of hydrogen-bond acceptors (Lipinski definition) is 7. The Hall–Kier alpha value is -4.05. The Morgan fingerprint density at radius 1 is 1.17 bits per heavy atom. The van der Waals surface area contributed by atoms with Crippen molar-refractivity contribution < 1.29 is 23.9 Å². The second-order valence-corrected chi connectivity index (χ2v) is 8.41. The van der Waals surface area contributed by atoms with E-state index in [-0.39, 0.29) is 17.4 Å². The van der Waals surface area contributed by atoms with E-state index >= 15 is 0 Å². The normalized spacial score (nSPS) is 11.2. The Bertz CT molecular complexity index is 1390. The highest BCUT2D eigenvalue weighted by molar-refractivity contribution is 7.99. The Kier molecular flexibility index (Phi) is 7.51. The van der Waals surface area contributed by atoms with Crippen molar-refractivity contribution in [3.8, 4) is 28.6 Å². The Labute approximate surface area is 206 Å². The van der Waals surface area contributed by atoms with Gasteiger partial charge in [0.15, 0.2) is 11.5 Å². The smallest absolute Gasteiger partial charge is 0.337 e. The number of H-pyrrole nitrogens is 1. The highest BCUT2D eigenvalue weighted by Gasteiger charge is 2.22. The first-order valence-corrected chi connectivity index (χ1v) is 11.9. The van der Waals surface area contributed by atoms with Crippen LogP contribution in [0.5, 0.6) is 17.2 Å². The number of carbonyl (C=O) groups is 1. The number of phenolic OH excluding ortho intramolecular Hbond substituents is 1. The SMILES string of the molecule is CC[n+]1c(SCC(=O)N/N=C/c2c(O)ccc3ccccc23)n[nH]c1-c1ccc(OC)c(OC)c1. The number of aromatic nitrogens is 3. The number of fused-ring (bicyclic) bond motifs is 1. The lowest BCUT2D eigenvalue weighted by molar-refractivity contribution is -0.719. The van der Waals surface area contributed by atoms with E-state index in [2.05, 4.69) is 20.7 Å². The van der Waals surface area contributed by atoms with E-state index in [9.17, 15) is 9.90 Å². The van der Waals surface area contributed by atoms with E-state index < -0.39 is 0 Å². The number of hydrogen-bond donors (Lipinski definition) is 3. The summed E-state index contributed by atoms with van der Waals surface area (Å²) in [6.45, 7) is 2.66. The molecule has 0 fully saturated rings. The Morgan fingerprint density at radius 3 is 2.74 bits per heavy atom. The third-order valence-electron chi connectivity index (χ3n) is 5.39. The molecule has 0 aliphatic rings. The van der Waals surface area contributed by atoms with Gasteiger partial charge in [-0.2, -0.15) is 5.10 Å². The second kappa shape index (κ2) is 10.9. The van der Waals surface area contributed by atoms with Gasteiger partial charge in [0.25, 0.3) is 11.7 Å². The molecular weight excluding hydrogens is 466 g/mol. The standard InChI is InChI=1S/C25H25N5O4S/c1-4-30-24(17-10-12-21(33-2)22(13-17)34-3)28-29-25(30)35-15-23(32)27-26-14-19-18-8-6-5-7-16(18)9-11-20(19)31/h5-14H,4,15H2,1-3H3,(H2,26,27,31,32)/p+1. The number of rotatable bonds is 9. The number of aromatic amines is 1. The van der Waals surface area contributed by atoms with E-state index in [0.29, 0.717) is 28.8 Å². The number of aromatic hydroxyl groups is 1. The lowest BCUT2D eigenvalue weighted by Crippen LogP contribution is -2.36. The molecule has 0 atom stereocenters. The van der Waals surface area contributed by atoms with Crippen LogP contribution in [0.25, 0.3) is 22.2 Å². The van der Waals surface area contributed by atoms with Crippen LogP contribution in [0, 0.1) is 0 Å². The van der Waals surface area contributed by atoms with Gasteiger partial charge < -0.3 is 14.6 Å². The minimum atomic E-state index is -0.288. The van der Waals surface area contributed by atoms with Crippen LogP contribution < -0.4 is 19.5 Å². The molecule has 3 aromatic carbocycles. The Morgan fingerprint density at radius 2 is 1.97 bits per heavy atom. The molecule has 3 N–H and O–H groups in total. The van der Waals surface area contributed by atoms with Crippen LogP contribution >= 0.6 is 11.8 Å². The van der Waals surface area contributed by atoms with Gasteiger partial charge in [0, 0.05) is 5.56 Å². The molecule has 1 heterocycles. The van der Waals surface area contributed by atoms with Crippen LogP contribution in [0.1, 0.15) is 12.5 Å². The number of methoxy groups -OCH3 is 2. The van der Waals surface area contributed by atoms with Crippen molar-refractivity contribution in [2.75, 3.05) is 20.0 Å². The molecule has 1 aromatic heterocycles. The molecule has 180 valence electrons. The molecule has 0 saturated heterocycles. The summed E-state index contributed by atoms with van der Waals surface area (Å²) in [6.07, 6.45) is 1.45. The van der Waals surface area contributed by atoms with Gasteiger partial charge >= 0.3 is 5.16 Å². The van der Waals surface area contributed by atoms with E-state index in [1.54, 1.807) is 20.3 Å². The minimum Gasteiger partial charge on any atom is -0.507 e. The first-order chi connectivity index (χ1) is 17.0. The number of nitrogens with zero attached hydrogens (tertiary/aromatic N) is 3. The molecule has 4 aromatic rings. The lowest BCUT2D eigenvalue weighted by atomic mass is 10.0. The van der Waals surface area contributed by atoms with Crippen LogP contribution in [-0.2, 0) is 11.3 Å². The van der Waals surface area contributed by atoms with Crippen molar-refractivity contribution in [3.05, 3.63) is 60.2 Å². The lowest BCUT2D eigenvalue weighted by Gasteiger charge is -2.08. The topological polar surface area (TPSA) is 113 Å². The Balaban J connectivity index is 1.43. The number of hydrazone groups is 1. The van der Waals surface area contributed by atoms with Crippen LogP contribution in [0.15, 0.2) is 64.9 Å². The highest BCUT2D eigenvalue weighted by atomic mass is 32.2. The maximum absolute atomic E-state index is 12.4. The van der Waals surface area contributed by atoms with E-state index in [1.165, 1.54) is 18.0 Å². The molecule has 9 nitrogen and oxygen atoms in total. The van der Waals surface area contributed by atoms with E-state index in [0.717, 1.165) is 22.2 Å². The van der Waals surface area contributed by atoms with Gasteiger partial charge in [0.1, 0.15) is 5.75 Å². The molecule has 0 aliphatic heterocycles. The highest BCUT2D eigenvalue weighted by Crippen LogP contribution is 2.31. The molecule has 0 unspecified atom stereocenters. The zero-order chi connectivity index (χ0) is 24.8. The molecule has 10 heteroatoms. The van der Waals surface area contributed by atoms with Gasteiger partial charge in [-0.25, -0.2) is 9.99 Å². The maximum atomic E-state index is 12.4. The quantitative estimate of drug-likeness (QED) is 0.143. The summed E-state index contributed by atoms with van der Waals surface area (Å²) >= 11 is 1.29. The summed E-state index contributed by atoms with van der Waals surface area (Å²) in [5.41, 5.74) is 3.95. The van der Waals surface area contributed by atoms with Crippen LogP contribution in [0.3, 0.4) is 0 Å². The number of nitrogens with one attached hydrogen (secondary N) is 2. The van der Waals surface area contributed by atoms with Crippen LogP contribution in [-0.4, -0.2) is 47.4 Å². The van der Waals surface area contributed by atoms with Crippen LogP contribution in [0.2, 0.25) is 0 Å². The third kappa shape index (κ3) is 5.22. The molecule has 1 amide bonds. The molecule has 4 rings (SSSR count). The fraction of sp³-hybridized carbons (Fsp3) is 0.200. The summed E-state index contributed by atoms with van der Waals surface area (Å²) < 4.78 is 12.7. The molecule has 0 saturated carbocycles. The van der Waals surface area contributed by atoms with Crippen molar-refractivity contribution in [1.82, 2.24) is 15.6 Å². The number of benzene rings is 3. The predicted octanol–water partition coefficient (Wildman–Crippen LogP) is 3.50. The number of phenols is 1. The fourth-order valence-electron chi connectivity index (χ4n) is 3.68. The minimum absolute atomic E-state index is 0.0966. The van der Waals surface area contributed by atoms with Crippen molar-refractivity contribution in [2.45, 2.75) is 18.6 Å². The molecule has 0 aliphatic carbocycles. The maximum Gasteiger partial charge on any atom is 0.337 e. The van der Waals surface area contributed by atoms with Gasteiger partial charge in [-0.15, -0.1) is 5.10 Å². The fourth-order valence-corrected chi connectivity index (χ4v) is 4.49. The molecule has 35 heavy (non-hydrogen) atoms. The summed E-state index contributed by atoms with van der Waals surface area (Å²) in [5, 5.41) is 24.2. The number of thioether (sulfide) groups is 1. The van der Waals surface area contributed by atoms with E-state index in [4.69, 9.17) is 9.47 Å². The van der Waals surface area contributed by atoms with Gasteiger partial charge in [-0.05, 0) is 53.7 Å². The number of ether oxygens (including phenoxy) is 2. The first kappa shape index (κ1) is 24.1. The van der Waals surface area contributed by atoms with E-state index in [1.807, 2.05) is 60.0 Å². The monoisotopic (exact) mass is 492 g/mol. The largest absolute Gasteiger partial charge is 0.507 e. The van der Waals surface area contributed by atoms with Gasteiger partial charge in [0.05, 0.1) is 43.4 Å². The number of amides is 1. The first-order valence-electron chi connectivity index (χ1n) is 10.9. The summed E-state index contributed by atoms with van der Waals surface area (Å²) in [4.78, 5) is 12.4. The number of carbonyl (C=O) groups excluding carboxylic acids is 1. The van der Waals surface area contributed by atoms with Gasteiger partial charge in [-0.3, -0.25) is 4.79 Å². The molecule has 0 radical (unpaired) electrons. The summed E-state index contributed by atoms with van der Waals surface area (Å²) in [5.74, 6) is 1.98. The second-order valence-electron chi connectivity index (χ2n) is 7.47. The van der Waals surface area contributed by atoms with Gasteiger partial charge in [-0.1, -0.05) is 30.3 Å². The summed E-state index contributed by atoms with van der Waals surface area (Å²) in [7, 11) is 3.18. The van der Waals surface area contributed by atoms with Crippen molar-refractivity contribution in [3.63, 3.8) is 0 Å². The average molecular weight is 493 g/mol. The molecule has 0 spiro atoms. The van der Waals surface area contributed by atoms with Crippen LogP contribution in [0.4, 0.5) is 0 Å². The molecule has 0 bridgehead atoms. The van der Waals surface area contributed by atoms with Crippen molar-refractivity contribution in [2.24, 2.45) is 5.10 Å². The average Bonchev–Trinajstić information content (AvgIpc) is 3.31. The van der Waals surface area contributed by atoms with Crippen molar-refractivity contribution in [1.29, 1.82) is 0 Å². The zero-order valence-corrected chi connectivity index (χ0v) is 20.4.